The molecule has 0 radical (unpaired) electrons. The normalized spacial score (nSPS) is 10.6. The Hall–Kier alpha value is -4.13. The summed E-state index contributed by atoms with van der Waals surface area (Å²) in [6.45, 7) is 1.26. The monoisotopic (exact) mass is 416 g/mol. The highest BCUT2D eigenvalue weighted by atomic mass is 16.5. The van der Waals surface area contributed by atoms with Gasteiger partial charge in [-0.25, -0.2) is 4.98 Å². The summed E-state index contributed by atoms with van der Waals surface area (Å²) in [5.41, 5.74) is 3.44. The zero-order chi connectivity index (χ0) is 21.8. The smallest absolute Gasteiger partial charge is 0.262 e. The van der Waals surface area contributed by atoms with Crippen LogP contribution in [0.5, 0.6) is 11.5 Å². The van der Waals surface area contributed by atoms with Crippen LogP contribution in [0.15, 0.2) is 71.1 Å². The summed E-state index contributed by atoms with van der Waals surface area (Å²) < 4.78 is 16.5. The number of nitrogens with one attached hydrogen (secondary N) is 1. The molecule has 0 aliphatic heterocycles. The first-order chi connectivity index (χ1) is 15.0. The lowest BCUT2D eigenvalue weighted by atomic mass is 10.1. The Morgan fingerprint density at radius 2 is 1.77 bits per heavy atom. The number of rotatable bonds is 7. The number of hydrogen-bond donors (Lipinski definition) is 1. The number of ketones is 1. The SMILES string of the molecule is COc1cc(C(C)=O)ccc1OCC(=O)Nc1ccc(-c2nc3ccccc3o2)cc1. The van der Waals surface area contributed by atoms with Crippen molar-refractivity contribution in [3.8, 4) is 23.0 Å². The molecule has 0 aliphatic carbocycles. The van der Waals surface area contributed by atoms with E-state index in [2.05, 4.69) is 10.3 Å². The molecule has 7 nitrogen and oxygen atoms in total. The zero-order valence-corrected chi connectivity index (χ0v) is 17.0. The van der Waals surface area contributed by atoms with E-state index in [1.165, 1.54) is 14.0 Å². The summed E-state index contributed by atoms with van der Waals surface area (Å²) >= 11 is 0. The summed E-state index contributed by atoms with van der Waals surface area (Å²) in [4.78, 5) is 28.2. The predicted molar refractivity (Wildman–Crippen MR) is 117 cm³/mol. The number of fused-ring (bicyclic) bond motifs is 1. The summed E-state index contributed by atoms with van der Waals surface area (Å²) in [6.07, 6.45) is 0. The van der Waals surface area contributed by atoms with E-state index in [1.807, 2.05) is 36.4 Å². The van der Waals surface area contributed by atoms with Gasteiger partial charge in [0.2, 0.25) is 5.89 Å². The summed E-state index contributed by atoms with van der Waals surface area (Å²) in [5.74, 6) is 0.886. The topological polar surface area (TPSA) is 90.7 Å². The van der Waals surface area contributed by atoms with Crippen molar-refractivity contribution in [2.24, 2.45) is 0 Å². The van der Waals surface area contributed by atoms with E-state index in [9.17, 15) is 9.59 Å². The van der Waals surface area contributed by atoms with Crippen molar-refractivity contribution in [2.75, 3.05) is 19.0 Å². The van der Waals surface area contributed by atoms with E-state index < -0.39 is 0 Å². The fourth-order valence-electron chi connectivity index (χ4n) is 3.04. The summed E-state index contributed by atoms with van der Waals surface area (Å²) in [7, 11) is 1.48. The Balaban J connectivity index is 1.38. The molecule has 1 N–H and O–H groups in total. The average molecular weight is 416 g/mol. The van der Waals surface area contributed by atoms with Crippen LogP contribution in [-0.4, -0.2) is 30.4 Å². The van der Waals surface area contributed by atoms with Crippen LogP contribution in [0.2, 0.25) is 0 Å². The van der Waals surface area contributed by atoms with Gasteiger partial charge in [0.05, 0.1) is 7.11 Å². The van der Waals surface area contributed by atoms with Crippen LogP contribution in [0, 0.1) is 0 Å². The number of oxazole rings is 1. The fraction of sp³-hybridized carbons (Fsp3) is 0.125. The van der Waals surface area contributed by atoms with Gasteiger partial charge in [-0.05, 0) is 61.5 Å². The second kappa shape index (κ2) is 8.71. The number of Topliss-reactive ketones (excluding diaryl/α,β-unsaturated/α-hetero) is 1. The highest BCUT2D eigenvalue weighted by Gasteiger charge is 2.12. The highest BCUT2D eigenvalue weighted by molar-refractivity contribution is 5.95. The molecular weight excluding hydrogens is 396 g/mol. The van der Waals surface area contributed by atoms with Gasteiger partial charge in [0, 0.05) is 16.8 Å². The van der Waals surface area contributed by atoms with Crippen LogP contribution in [0.4, 0.5) is 5.69 Å². The molecule has 1 aromatic heterocycles. The van der Waals surface area contributed by atoms with Gasteiger partial charge in [0.25, 0.3) is 5.91 Å². The number of carbonyl (C=O) groups is 2. The first-order valence-electron chi connectivity index (χ1n) is 9.61. The van der Waals surface area contributed by atoms with Gasteiger partial charge in [0.15, 0.2) is 29.5 Å². The molecule has 7 heteroatoms. The average Bonchev–Trinajstić information content (AvgIpc) is 3.22. The molecule has 0 fully saturated rings. The van der Waals surface area contributed by atoms with Crippen molar-refractivity contribution in [3.05, 3.63) is 72.3 Å². The summed E-state index contributed by atoms with van der Waals surface area (Å²) in [5, 5.41) is 2.77. The number of anilines is 1. The third-order valence-corrected chi connectivity index (χ3v) is 4.64. The molecular formula is C24H20N2O5. The van der Waals surface area contributed by atoms with E-state index in [0.29, 0.717) is 28.6 Å². The molecule has 0 bridgehead atoms. The first kappa shape index (κ1) is 20.2. The van der Waals surface area contributed by atoms with Crippen molar-refractivity contribution in [3.63, 3.8) is 0 Å². The number of ether oxygens (including phenoxy) is 2. The maximum atomic E-state index is 12.3. The van der Waals surface area contributed by atoms with E-state index in [1.54, 1.807) is 30.3 Å². The van der Waals surface area contributed by atoms with Gasteiger partial charge in [-0.3, -0.25) is 9.59 Å². The molecule has 4 aromatic rings. The molecule has 3 aromatic carbocycles. The molecule has 0 unspecified atom stereocenters. The molecule has 0 spiro atoms. The van der Waals surface area contributed by atoms with E-state index in [-0.39, 0.29) is 18.3 Å². The molecule has 1 heterocycles. The zero-order valence-electron chi connectivity index (χ0n) is 17.0. The van der Waals surface area contributed by atoms with E-state index >= 15 is 0 Å². The number of hydrogen-bond acceptors (Lipinski definition) is 6. The van der Waals surface area contributed by atoms with E-state index in [0.717, 1.165) is 16.7 Å². The second-order valence-electron chi connectivity index (χ2n) is 6.82. The number of aromatic nitrogens is 1. The predicted octanol–water partition coefficient (Wildman–Crippen LogP) is 4.72. The summed E-state index contributed by atoms with van der Waals surface area (Å²) in [6, 6.07) is 19.6. The minimum atomic E-state index is -0.327. The van der Waals surface area contributed by atoms with Crippen molar-refractivity contribution >= 4 is 28.5 Å². The Bertz CT molecular complexity index is 1210. The fourth-order valence-corrected chi connectivity index (χ4v) is 3.04. The lowest BCUT2D eigenvalue weighted by molar-refractivity contribution is -0.118. The van der Waals surface area contributed by atoms with Crippen molar-refractivity contribution in [1.29, 1.82) is 0 Å². The third-order valence-electron chi connectivity index (χ3n) is 4.64. The van der Waals surface area contributed by atoms with Crippen LogP contribution in [0.25, 0.3) is 22.6 Å². The van der Waals surface area contributed by atoms with Crippen LogP contribution in [-0.2, 0) is 4.79 Å². The molecule has 4 rings (SSSR count). The third kappa shape index (κ3) is 4.56. The number of para-hydroxylation sites is 2. The maximum absolute atomic E-state index is 12.3. The van der Waals surface area contributed by atoms with Gasteiger partial charge in [-0.1, -0.05) is 12.1 Å². The van der Waals surface area contributed by atoms with Crippen LogP contribution in [0.3, 0.4) is 0 Å². The molecule has 0 saturated carbocycles. The van der Waals surface area contributed by atoms with Crippen LogP contribution < -0.4 is 14.8 Å². The van der Waals surface area contributed by atoms with Gasteiger partial charge < -0.3 is 19.2 Å². The van der Waals surface area contributed by atoms with Crippen molar-refractivity contribution in [2.45, 2.75) is 6.92 Å². The number of nitrogens with zero attached hydrogens (tertiary/aromatic N) is 1. The Labute approximate surface area is 178 Å². The molecule has 31 heavy (non-hydrogen) atoms. The van der Waals surface area contributed by atoms with E-state index in [4.69, 9.17) is 13.9 Å². The largest absolute Gasteiger partial charge is 0.493 e. The lowest BCUT2D eigenvalue weighted by Gasteiger charge is -2.12. The molecule has 0 atom stereocenters. The quantitative estimate of drug-likeness (QED) is 0.438. The van der Waals surface area contributed by atoms with Gasteiger partial charge >= 0.3 is 0 Å². The van der Waals surface area contributed by atoms with Gasteiger partial charge in [-0.2, -0.15) is 0 Å². The number of amides is 1. The first-order valence-corrected chi connectivity index (χ1v) is 9.61. The molecule has 156 valence electrons. The maximum Gasteiger partial charge on any atom is 0.262 e. The van der Waals surface area contributed by atoms with Gasteiger partial charge in [-0.15, -0.1) is 0 Å². The Morgan fingerprint density at radius 3 is 2.48 bits per heavy atom. The van der Waals surface area contributed by atoms with Crippen molar-refractivity contribution < 1.29 is 23.5 Å². The minimum absolute atomic E-state index is 0.0797. The van der Waals surface area contributed by atoms with Crippen LogP contribution in [0.1, 0.15) is 17.3 Å². The lowest BCUT2D eigenvalue weighted by Crippen LogP contribution is -2.20. The highest BCUT2D eigenvalue weighted by Crippen LogP contribution is 2.28. The number of benzene rings is 3. The molecule has 1 amide bonds. The Kier molecular flexibility index (Phi) is 5.66. The number of carbonyl (C=O) groups excluding carboxylic acids is 2. The molecule has 0 aliphatic rings. The minimum Gasteiger partial charge on any atom is -0.493 e. The second-order valence-corrected chi connectivity index (χ2v) is 6.82. The standard InChI is InChI=1S/C24H20N2O5/c1-15(27)17-9-12-21(22(13-17)29-2)30-14-23(28)25-18-10-7-16(8-11-18)24-26-19-5-3-4-6-20(19)31-24/h3-13H,14H2,1-2H3,(H,25,28). The Morgan fingerprint density at radius 1 is 1.00 bits per heavy atom. The van der Waals surface area contributed by atoms with Crippen LogP contribution >= 0.6 is 0 Å². The number of methoxy groups -OCH3 is 1. The van der Waals surface area contributed by atoms with Crippen molar-refractivity contribution in [1.82, 2.24) is 4.98 Å². The molecule has 0 saturated heterocycles. The van der Waals surface area contributed by atoms with Gasteiger partial charge in [0.1, 0.15) is 5.52 Å².